The summed E-state index contributed by atoms with van der Waals surface area (Å²) in [7, 11) is 1.58. The Balaban J connectivity index is 1.57. The largest absolute Gasteiger partial charge is 0.438 e. The van der Waals surface area contributed by atoms with Crippen LogP contribution in [0.1, 0.15) is 21.9 Å². The molecule has 8 heteroatoms. The minimum absolute atomic E-state index is 0.255. The number of rotatable bonds is 5. The van der Waals surface area contributed by atoms with Gasteiger partial charge in [-0.05, 0) is 37.3 Å². The summed E-state index contributed by atoms with van der Waals surface area (Å²) < 4.78 is 12.2. The van der Waals surface area contributed by atoms with Gasteiger partial charge >= 0.3 is 0 Å². The third-order valence-corrected chi connectivity index (χ3v) is 4.08. The first kappa shape index (κ1) is 16.9. The molecule has 0 atom stereocenters. The third kappa shape index (κ3) is 3.30. The highest BCUT2D eigenvalue weighted by molar-refractivity contribution is 6.05. The Labute approximate surface area is 154 Å². The van der Waals surface area contributed by atoms with E-state index in [1.807, 2.05) is 25.1 Å². The molecule has 0 radical (unpaired) electrons. The molecule has 1 amide bonds. The summed E-state index contributed by atoms with van der Waals surface area (Å²) in [5, 5.41) is 7.15. The number of carbonyl (C=O) groups is 1. The molecule has 1 aromatic carbocycles. The molecule has 0 saturated heterocycles. The molecule has 0 saturated carbocycles. The summed E-state index contributed by atoms with van der Waals surface area (Å²) in [6.07, 6.45) is 3.21. The summed E-state index contributed by atoms with van der Waals surface area (Å²) in [6.45, 7) is 2.12. The average molecular weight is 363 g/mol. The fourth-order valence-electron chi connectivity index (χ4n) is 2.78. The van der Waals surface area contributed by atoms with E-state index >= 15 is 0 Å². The fraction of sp³-hybridized carbons (Fsp3) is 0.158. The maximum atomic E-state index is 12.7. The standard InChI is InChI=1S/C19H17N5O3/c1-12-14(10-21-24(12)17-5-3-4-8-20-17)19(25)22-13-6-7-16-15(9-13)23-18(27-16)11-26-2/h3-10H,11H2,1-2H3,(H,22,25). The molecular weight excluding hydrogens is 346 g/mol. The number of methoxy groups -OCH3 is 1. The van der Waals surface area contributed by atoms with Gasteiger partial charge in [0.2, 0.25) is 5.89 Å². The Bertz CT molecular complexity index is 1100. The van der Waals surface area contributed by atoms with Crippen molar-refractivity contribution < 1.29 is 13.9 Å². The summed E-state index contributed by atoms with van der Waals surface area (Å²) in [5.41, 5.74) is 3.09. The van der Waals surface area contributed by atoms with Crippen molar-refractivity contribution in [3.05, 3.63) is 65.9 Å². The maximum absolute atomic E-state index is 12.7. The first-order chi connectivity index (χ1) is 13.2. The maximum Gasteiger partial charge on any atom is 0.259 e. The number of amides is 1. The monoisotopic (exact) mass is 363 g/mol. The quantitative estimate of drug-likeness (QED) is 0.585. The Morgan fingerprint density at radius 1 is 1.30 bits per heavy atom. The molecule has 4 rings (SSSR count). The Morgan fingerprint density at radius 3 is 2.96 bits per heavy atom. The lowest BCUT2D eigenvalue weighted by molar-refractivity contribution is 0.102. The van der Waals surface area contributed by atoms with Gasteiger partial charge in [-0.2, -0.15) is 5.10 Å². The first-order valence-electron chi connectivity index (χ1n) is 8.31. The highest BCUT2D eigenvalue weighted by atomic mass is 16.5. The number of pyridine rings is 1. The summed E-state index contributed by atoms with van der Waals surface area (Å²) in [6, 6.07) is 10.8. The van der Waals surface area contributed by atoms with Gasteiger partial charge in [0.25, 0.3) is 5.91 Å². The molecule has 0 fully saturated rings. The number of hydrogen-bond donors (Lipinski definition) is 1. The normalized spacial score (nSPS) is 11.0. The van der Waals surface area contributed by atoms with Gasteiger partial charge in [-0.25, -0.2) is 14.6 Å². The van der Waals surface area contributed by atoms with E-state index in [0.29, 0.717) is 46.4 Å². The number of oxazole rings is 1. The highest BCUT2D eigenvalue weighted by Gasteiger charge is 2.16. The molecule has 4 aromatic rings. The lowest BCUT2D eigenvalue weighted by atomic mass is 10.2. The second-order valence-electron chi connectivity index (χ2n) is 5.92. The number of carbonyl (C=O) groups excluding carboxylic acids is 1. The smallest absolute Gasteiger partial charge is 0.259 e. The molecule has 0 spiro atoms. The molecular formula is C19H17N5O3. The predicted octanol–water partition coefficient (Wildman–Crippen LogP) is 3.12. The van der Waals surface area contributed by atoms with Crippen LogP contribution in [-0.4, -0.2) is 32.8 Å². The van der Waals surface area contributed by atoms with E-state index in [9.17, 15) is 4.79 Å². The van der Waals surface area contributed by atoms with Crippen molar-refractivity contribution >= 4 is 22.7 Å². The topological polar surface area (TPSA) is 95.1 Å². The Kier molecular flexibility index (Phi) is 4.39. The van der Waals surface area contributed by atoms with Crippen LogP contribution < -0.4 is 5.32 Å². The molecule has 0 aliphatic heterocycles. The van der Waals surface area contributed by atoms with Crippen molar-refractivity contribution in [3.8, 4) is 5.82 Å². The van der Waals surface area contributed by atoms with Crippen LogP contribution in [0.2, 0.25) is 0 Å². The Morgan fingerprint density at radius 2 is 2.19 bits per heavy atom. The lowest BCUT2D eigenvalue weighted by Crippen LogP contribution is -2.13. The van der Waals surface area contributed by atoms with Gasteiger partial charge in [-0.3, -0.25) is 4.79 Å². The van der Waals surface area contributed by atoms with Crippen LogP contribution in [0.4, 0.5) is 5.69 Å². The van der Waals surface area contributed by atoms with E-state index in [1.54, 1.807) is 36.2 Å². The van der Waals surface area contributed by atoms with E-state index in [-0.39, 0.29) is 5.91 Å². The van der Waals surface area contributed by atoms with Crippen molar-refractivity contribution in [1.29, 1.82) is 0 Å². The molecule has 3 aromatic heterocycles. The average Bonchev–Trinajstić information content (AvgIpc) is 3.25. The second-order valence-corrected chi connectivity index (χ2v) is 5.92. The van der Waals surface area contributed by atoms with Gasteiger partial charge < -0.3 is 14.5 Å². The number of aromatic nitrogens is 4. The van der Waals surface area contributed by atoms with E-state index in [1.165, 1.54) is 6.20 Å². The zero-order chi connectivity index (χ0) is 18.8. The number of benzene rings is 1. The van der Waals surface area contributed by atoms with Crippen LogP contribution in [0, 0.1) is 6.92 Å². The zero-order valence-corrected chi connectivity index (χ0v) is 14.8. The summed E-state index contributed by atoms with van der Waals surface area (Å²) in [5.74, 6) is 0.891. The van der Waals surface area contributed by atoms with Crippen LogP contribution in [0.3, 0.4) is 0 Å². The van der Waals surface area contributed by atoms with Crippen LogP contribution in [0.15, 0.2) is 53.2 Å². The van der Waals surface area contributed by atoms with Gasteiger partial charge in [0.05, 0.1) is 17.5 Å². The molecule has 1 N–H and O–H groups in total. The summed E-state index contributed by atoms with van der Waals surface area (Å²) >= 11 is 0. The molecule has 3 heterocycles. The minimum atomic E-state index is -0.255. The zero-order valence-electron chi connectivity index (χ0n) is 14.8. The molecule has 8 nitrogen and oxygen atoms in total. The lowest BCUT2D eigenvalue weighted by Gasteiger charge is -2.06. The number of ether oxygens (including phenoxy) is 1. The Hall–Kier alpha value is -3.52. The second kappa shape index (κ2) is 7.00. The van der Waals surface area contributed by atoms with Crippen LogP contribution >= 0.6 is 0 Å². The number of fused-ring (bicyclic) bond motifs is 1. The van der Waals surface area contributed by atoms with Gasteiger partial charge in [0.1, 0.15) is 12.1 Å². The van der Waals surface area contributed by atoms with E-state index in [4.69, 9.17) is 9.15 Å². The van der Waals surface area contributed by atoms with Crippen LogP contribution in [0.25, 0.3) is 16.9 Å². The minimum Gasteiger partial charge on any atom is -0.438 e. The van der Waals surface area contributed by atoms with E-state index < -0.39 is 0 Å². The van der Waals surface area contributed by atoms with E-state index in [2.05, 4.69) is 20.4 Å². The predicted molar refractivity (Wildman–Crippen MR) is 98.8 cm³/mol. The van der Waals surface area contributed by atoms with Crippen LogP contribution in [-0.2, 0) is 11.3 Å². The number of hydrogen-bond acceptors (Lipinski definition) is 6. The van der Waals surface area contributed by atoms with Gasteiger partial charge in [0.15, 0.2) is 11.4 Å². The van der Waals surface area contributed by atoms with Gasteiger partial charge in [-0.15, -0.1) is 0 Å². The van der Waals surface area contributed by atoms with Crippen molar-refractivity contribution in [3.63, 3.8) is 0 Å². The first-order valence-corrected chi connectivity index (χ1v) is 8.31. The van der Waals surface area contributed by atoms with Crippen LogP contribution in [0.5, 0.6) is 0 Å². The van der Waals surface area contributed by atoms with Crippen molar-refractivity contribution in [2.24, 2.45) is 0 Å². The van der Waals surface area contributed by atoms with Crippen molar-refractivity contribution in [1.82, 2.24) is 19.7 Å². The number of nitrogens with zero attached hydrogens (tertiary/aromatic N) is 4. The third-order valence-electron chi connectivity index (χ3n) is 4.08. The van der Waals surface area contributed by atoms with Crippen molar-refractivity contribution in [2.45, 2.75) is 13.5 Å². The number of nitrogens with one attached hydrogen (secondary N) is 1. The number of anilines is 1. The molecule has 0 bridgehead atoms. The fourth-order valence-corrected chi connectivity index (χ4v) is 2.78. The molecule has 0 aliphatic carbocycles. The molecule has 0 unspecified atom stereocenters. The molecule has 136 valence electrons. The molecule has 0 aliphatic rings. The van der Waals surface area contributed by atoms with Gasteiger partial charge in [0, 0.05) is 19.0 Å². The molecule has 27 heavy (non-hydrogen) atoms. The van der Waals surface area contributed by atoms with E-state index in [0.717, 1.165) is 0 Å². The summed E-state index contributed by atoms with van der Waals surface area (Å²) in [4.78, 5) is 21.3. The van der Waals surface area contributed by atoms with Gasteiger partial charge in [-0.1, -0.05) is 6.07 Å². The highest BCUT2D eigenvalue weighted by Crippen LogP contribution is 2.21. The van der Waals surface area contributed by atoms with Crippen molar-refractivity contribution in [2.75, 3.05) is 12.4 Å². The SMILES string of the molecule is COCc1nc2cc(NC(=O)c3cnn(-c4ccccn4)c3C)ccc2o1.